The summed E-state index contributed by atoms with van der Waals surface area (Å²) < 4.78 is 10.7. The van der Waals surface area contributed by atoms with Crippen LogP contribution in [0.1, 0.15) is 40.8 Å². The molecular formula is C28H32N6O4S. The van der Waals surface area contributed by atoms with Crippen LogP contribution in [-0.2, 0) is 28.8 Å². The Kier molecular flexibility index (Phi) is 10.7. The quantitative estimate of drug-likeness (QED) is 0.148. The first-order chi connectivity index (χ1) is 19.1. The highest BCUT2D eigenvalue weighted by Gasteiger charge is 2.10. The van der Waals surface area contributed by atoms with E-state index >= 15 is 0 Å². The van der Waals surface area contributed by atoms with Gasteiger partial charge in [0.05, 0.1) is 25.8 Å². The van der Waals surface area contributed by atoms with E-state index in [1.807, 2.05) is 54.6 Å². The lowest BCUT2D eigenvalue weighted by Gasteiger charge is -2.12. The van der Waals surface area contributed by atoms with Gasteiger partial charge in [0.25, 0.3) is 0 Å². The second-order valence-corrected chi connectivity index (χ2v) is 9.87. The zero-order valence-electron chi connectivity index (χ0n) is 21.7. The average Bonchev–Trinajstić information content (AvgIpc) is 3.42. The summed E-state index contributed by atoms with van der Waals surface area (Å²) in [5.41, 5.74) is 2.57. The number of ether oxygens (including phenoxy) is 2. The fourth-order valence-corrected chi connectivity index (χ4v) is 4.53. The number of aromatic nitrogens is 4. The van der Waals surface area contributed by atoms with Gasteiger partial charge in [-0.25, -0.2) is 0 Å². The molecule has 0 aliphatic carbocycles. The van der Waals surface area contributed by atoms with Gasteiger partial charge in [0.2, 0.25) is 11.0 Å². The summed E-state index contributed by atoms with van der Waals surface area (Å²) in [6.07, 6.45) is 3.03. The molecule has 1 unspecified atom stereocenters. The van der Waals surface area contributed by atoms with Gasteiger partial charge in [0.15, 0.2) is 5.82 Å². The fraction of sp³-hybridized carbons (Fsp3) is 0.321. The minimum absolute atomic E-state index is 0.119. The SMILES string of the molecule is COc1cccc(C(O)COCNc2nnc(CCCCc3ccc(NC(=O)Cc4ccccc4)nn3)s2)c1. The first kappa shape index (κ1) is 28.1. The summed E-state index contributed by atoms with van der Waals surface area (Å²) in [5.74, 6) is 1.02. The molecule has 11 heteroatoms. The third-order valence-corrected chi connectivity index (χ3v) is 6.76. The van der Waals surface area contributed by atoms with E-state index in [1.54, 1.807) is 19.2 Å². The van der Waals surface area contributed by atoms with Crippen molar-refractivity contribution in [2.75, 3.05) is 31.1 Å². The van der Waals surface area contributed by atoms with Gasteiger partial charge in [-0.1, -0.05) is 53.8 Å². The lowest BCUT2D eigenvalue weighted by molar-refractivity contribution is -0.115. The first-order valence-corrected chi connectivity index (χ1v) is 13.5. The number of benzene rings is 2. The summed E-state index contributed by atoms with van der Waals surface area (Å²) in [7, 11) is 1.59. The van der Waals surface area contributed by atoms with Crippen molar-refractivity contribution in [3.8, 4) is 5.75 Å². The third-order valence-electron chi connectivity index (χ3n) is 5.81. The minimum Gasteiger partial charge on any atom is -0.497 e. The van der Waals surface area contributed by atoms with Crippen LogP contribution < -0.4 is 15.4 Å². The number of aliphatic hydroxyl groups excluding tert-OH is 1. The molecule has 204 valence electrons. The van der Waals surface area contributed by atoms with E-state index in [-0.39, 0.29) is 19.2 Å². The van der Waals surface area contributed by atoms with Crippen molar-refractivity contribution in [1.29, 1.82) is 0 Å². The fourth-order valence-electron chi connectivity index (χ4n) is 3.76. The van der Waals surface area contributed by atoms with Gasteiger partial charge in [0.1, 0.15) is 23.6 Å². The Morgan fingerprint density at radius 2 is 1.82 bits per heavy atom. The van der Waals surface area contributed by atoms with Crippen LogP contribution in [0.15, 0.2) is 66.7 Å². The molecule has 0 saturated heterocycles. The molecule has 2 aromatic carbocycles. The molecule has 4 aromatic rings. The number of anilines is 2. The Bertz CT molecular complexity index is 1300. The number of carbonyl (C=O) groups is 1. The molecule has 4 rings (SSSR count). The number of hydrogen-bond donors (Lipinski definition) is 3. The standard InChI is InChI=1S/C28H32N6O4S/c1-37-23-12-7-10-21(17-23)24(35)18-38-19-29-28-34-33-27(39-28)13-6-5-11-22-14-15-25(32-31-22)30-26(36)16-20-8-3-2-4-9-20/h2-4,7-10,12,14-15,17,24,35H,5-6,11,13,16,18-19H2,1H3,(H,29,34)(H,30,32,36). The number of nitrogens with one attached hydrogen (secondary N) is 2. The summed E-state index contributed by atoms with van der Waals surface area (Å²) in [4.78, 5) is 12.2. The van der Waals surface area contributed by atoms with Crippen LogP contribution in [-0.4, -0.2) is 51.9 Å². The van der Waals surface area contributed by atoms with Crippen molar-refractivity contribution in [3.05, 3.63) is 88.6 Å². The number of nitrogens with zero attached hydrogens (tertiary/aromatic N) is 4. The van der Waals surface area contributed by atoms with Gasteiger partial charge in [-0.15, -0.1) is 15.3 Å². The molecule has 2 heterocycles. The molecule has 1 atom stereocenters. The molecule has 2 aromatic heterocycles. The Morgan fingerprint density at radius 1 is 0.974 bits per heavy atom. The highest BCUT2D eigenvalue weighted by molar-refractivity contribution is 7.15. The maximum Gasteiger partial charge on any atom is 0.229 e. The van der Waals surface area contributed by atoms with Crippen LogP contribution in [0.3, 0.4) is 0 Å². The monoisotopic (exact) mass is 548 g/mol. The molecule has 1 amide bonds. The Labute approximate surface area is 231 Å². The number of methoxy groups -OCH3 is 1. The lowest BCUT2D eigenvalue weighted by Crippen LogP contribution is -2.15. The molecule has 10 nitrogen and oxygen atoms in total. The number of aryl methyl sites for hydroxylation is 2. The maximum atomic E-state index is 12.2. The average molecular weight is 549 g/mol. The van der Waals surface area contributed by atoms with Crippen molar-refractivity contribution >= 4 is 28.2 Å². The maximum absolute atomic E-state index is 12.2. The van der Waals surface area contributed by atoms with Gasteiger partial charge in [-0.2, -0.15) is 5.10 Å². The van der Waals surface area contributed by atoms with E-state index in [1.165, 1.54) is 11.3 Å². The van der Waals surface area contributed by atoms with E-state index in [9.17, 15) is 9.90 Å². The van der Waals surface area contributed by atoms with Crippen molar-refractivity contribution in [2.24, 2.45) is 0 Å². The van der Waals surface area contributed by atoms with Crippen LogP contribution in [0, 0.1) is 0 Å². The van der Waals surface area contributed by atoms with E-state index in [4.69, 9.17) is 9.47 Å². The molecule has 0 bridgehead atoms. The third kappa shape index (κ3) is 9.40. The normalized spacial score (nSPS) is 11.6. The van der Waals surface area contributed by atoms with Gasteiger partial charge < -0.3 is 25.2 Å². The first-order valence-electron chi connectivity index (χ1n) is 12.7. The molecular weight excluding hydrogens is 516 g/mol. The van der Waals surface area contributed by atoms with Crippen LogP contribution in [0.4, 0.5) is 10.9 Å². The molecule has 0 saturated carbocycles. The van der Waals surface area contributed by atoms with Crippen LogP contribution >= 0.6 is 11.3 Å². The molecule has 0 fully saturated rings. The smallest absolute Gasteiger partial charge is 0.229 e. The lowest BCUT2D eigenvalue weighted by atomic mass is 10.1. The largest absolute Gasteiger partial charge is 0.497 e. The number of rotatable bonds is 15. The molecule has 0 spiro atoms. The van der Waals surface area contributed by atoms with Gasteiger partial charge >= 0.3 is 0 Å². The van der Waals surface area contributed by atoms with Gasteiger partial charge in [-0.05, 0) is 54.7 Å². The van der Waals surface area contributed by atoms with Crippen LogP contribution in [0.25, 0.3) is 0 Å². The Morgan fingerprint density at radius 3 is 2.62 bits per heavy atom. The number of aliphatic hydroxyl groups is 1. The summed E-state index contributed by atoms with van der Waals surface area (Å²) in [6.45, 7) is 0.368. The number of amides is 1. The van der Waals surface area contributed by atoms with Gasteiger partial charge in [-0.3, -0.25) is 4.79 Å². The topological polar surface area (TPSA) is 131 Å². The summed E-state index contributed by atoms with van der Waals surface area (Å²) >= 11 is 1.49. The van der Waals surface area contributed by atoms with Crippen molar-refractivity contribution in [1.82, 2.24) is 20.4 Å². The number of unbranched alkanes of at least 4 members (excludes halogenated alkanes) is 1. The minimum atomic E-state index is -0.744. The van der Waals surface area contributed by atoms with Gasteiger partial charge in [0, 0.05) is 6.42 Å². The predicted octanol–water partition coefficient (Wildman–Crippen LogP) is 4.20. The zero-order chi connectivity index (χ0) is 27.3. The second-order valence-electron chi connectivity index (χ2n) is 8.81. The highest BCUT2D eigenvalue weighted by atomic mass is 32.1. The van der Waals surface area contributed by atoms with E-state index in [0.29, 0.717) is 23.1 Å². The highest BCUT2D eigenvalue weighted by Crippen LogP contribution is 2.20. The number of hydrogen-bond acceptors (Lipinski definition) is 10. The Hall–Kier alpha value is -3.93. The molecule has 3 N–H and O–H groups in total. The summed E-state index contributed by atoms with van der Waals surface area (Å²) in [6, 6.07) is 20.5. The van der Waals surface area contributed by atoms with Crippen LogP contribution in [0.5, 0.6) is 5.75 Å². The molecule has 39 heavy (non-hydrogen) atoms. The van der Waals surface area contributed by atoms with Crippen molar-refractivity contribution in [3.63, 3.8) is 0 Å². The van der Waals surface area contributed by atoms with Crippen molar-refractivity contribution in [2.45, 2.75) is 38.2 Å². The van der Waals surface area contributed by atoms with E-state index in [0.717, 1.165) is 47.5 Å². The van der Waals surface area contributed by atoms with E-state index < -0.39 is 6.10 Å². The van der Waals surface area contributed by atoms with E-state index in [2.05, 4.69) is 31.0 Å². The van der Waals surface area contributed by atoms with Crippen LogP contribution in [0.2, 0.25) is 0 Å². The molecule has 0 aliphatic heterocycles. The predicted molar refractivity (Wildman–Crippen MR) is 150 cm³/mol. The Balaban J connectivity index is 1.09. The molecule has 0 aliphatic rings. The zero-order valence-corrected chi connectivity index (χ0v) is 22.6. The number of carbonyl (C=O) groups excluding carboxylic acids is 1. The molecule has 0 radical (unpaired) electrons. The summed E-state index contributed by atoms with van der Waals surface area (Å²) in [5, 5.41) is 34.5. The van der Waals surface area contributed by atoms with Crippen molar-refractivity contribution < 1.29 is 19.4 Å². The second kappa shape index (κ2) is 14.9.